The number of anilines is 2. The molecule has 0 saturated carbocycles. The molecule has 8 nitrogen and oxygen atoms in total. The molecule has 4 rings (SSSR count). The van der Waals surface area contributed by atoms with Gasteiger partial charge in [-0.2, -0.15) is 5.10 Å². The Bertz CT molecular complexity index is 1320. The van der Waals surface area contributed by atoms with Crippen molar-refractivity contribution < 1.29 is 22.3 Å². The van der Waals surface area contributed by atoms with Crippen LogP contribution in [0.5, 0.6) is 0 Å². The van der Waals surface area contributed by atoms with E-state index in [9.17, 15) is 17.6 Å². The van der Waals surface area contributed by atoms with Crippen LogP contribution in [-0.2, 0) is 14.6 Å². The van der Waals surface area contributed by atoms with E-state index in [2.05, 4.69) is 10.4 Å². The van der Waals surface area contributed by atoms with Crippen LogP contribution < -0.4 is 5.32 Å². The number of nitrogens with one attached hydrogen (secondary N) is 1. The van der Waals surface area contributed by atoms with Gasteiger partial charge in [0.05, 0.1) is 21.8 Å². The number of carbonyl (C=O) groups excluding carboxylic acids is 1. The van der Waals surface area contributed by atoms with Crippen LogP contribution >= 0.6 is 0 Å². The molecule has 182 valence electrons. The molecule has 0 bridgehead atoms. The van der Waals surface area contributed by atoms with Crippen molar-refractivity contribution in [3.05, 3.63) is 54.1 Å². The summed E-state index contributed by atoms with van der Waals surface area (Å²) in [6.07, 6.45) is 3.96. The molecule has 1 amide bonds. The molecule has 3 aromatic rings. The topological polar surface area (TPSA) is 93.0 Å². The van der Waals surface area contributed by atoms with Gasteiger partial charge in [0.15, 0.2) is 9.84 Å². The molecule has 0 atom stereocenters. The lowest BCUT2D eigenvalue weighted by Gasteiger charge is -2.33. The number of hydrogen-bond acceptors (Lipinski definition) is 6. The number of sulfone groups is 1. The summed E-state index contributed by atoms with van der Waals surface area (Å²) in [5.41, 5.74) is 2.10. The first-order valence-corrected chi connectivity index (χ1v) is 13.0. The van der Waals surface area contributed by atoms with Crippen molar-refractivity contribution in [3.8, 4) is 0 Å². The number of amides is 1. The molecular weight excluding hydrogens is 459 g/mol. The number of aromatic nitrogens is 2. The number of carbonyl (C=O) groups is 1. The van der Waals surface area contributed by atoms with Crippen molar-refractivity contribution in [2.45, 2.75) is 50.0 Å². The zero-order valence-electron chi connectivity index (χ0n) is 19.7. The van der Waals surface area contributed by atoms with Gasteiger partial charge in [-0.3, -0.25) is 0 Å². The summed E-state index contributed by atoms with van der Waals surface area (Å²) >= 11 is 0. The first-order valence-electron chi connectivity index (χ1n) is 11.1. The number of nitrogens with zero attached hydrogens (tertiary/aromatic N) is 3. The average Bonchev–Trinajstić information content (AvgIpc) is 3.18. The minimum absolute atomic E-state index is 0.0712. The van der Waals surface area contributed by atoms with Crippen molar-refractivity contribution in [2.75, 3.05) is 24.7 Å². The van der Waals surface area contributed by atoms with Gasteiger partial charge in [-0.15, -0.1) is 0 Å². The predicted octanol–water partition coefficient (Wildman–Crippen LogP) is 4.74. The van der Waals surface area contributed by atoms with Crippen molar-refractivity contribution in [3.63, 3.8) is 0 Å². The lowest BCUT2D eigenvalue weighted by molar-refractivity contribution is 0.0203. The number of fused-ring (bicyclic) bond motifs is 1. The molecule has 10 heteroatoms. The largest absolute Gasteiger partial charge is 0.444 e. The van der Waals surface area contributed by atoms with Gasteiger partial charge in [-0.1, -0.05) is 0 Å². The van der Waals surface area contributed by atoms with Crippen LogP contribution in [0.4, 0.5) is 20.6 Å². The van der Waals surface area contributed by atoms with Gasteiger partial charge in [0.2, 0.25) is 0 Å². The first-order chi connectivity index (χ1) is 15.9. The molecule has 34 heavy (non-hydrogen) atoms. The van der Waals surface area contributed by atoms with Gasteiger partial charge >= 0.3 is 6.09 Å². The fraction of sp³-hybridized carbons (Fsp3) is 0.417. The van der Waals surface area contributed by atoms with Crippen LogP contribution in [0, 0.1) is 5.82 Å². The highest BCUT2D eigenvalue weighted by atomic mass is 32.2. The van der Waals surface area contributed by atoms with E-state index < -0.39 is 21.3 Å². The number of likely N-dealkylation sites (tertiary alicyclic amines) is 1. The van der Waals surface area contributed by atoms with E-state index in [1.54, 1.807) is 17.2 Å². The summed E-state index contributed by atoms with van der Waals surface area (Å²) in [6.45, 7) is 6.76. The number of rotatable bonds is 4. The third-order valence-corrected chi connectivity index (χ3v) is 6.90. The number of halogens is 1. The Morgan fingerprint density at radius 3 is 2.44 bits per heavy atom. The van der Waals surface area contributed by atoms with Crippen LogP contribution in [-0.4, -0.2) is 54.0 Å². The number of benzene rings is 1. The Kier molecular flexibility index (Phi) is 6.28. The third-order valence-electron chi connectivity index (χ3n) is 5.79. The van der Waals surface area contributed by atoms with Crippen LogP contribution in [0.1, 0.15) is 45.2 Å². The second-order valence-corrected chi connectivity index (χ2v) is 11.6. The van der Waals surface area contributed by atoms with Gasteiger partial charge in [0.1, 0.15) is 11.4 Å². The maximum atomic E-state index is 14.6. The maximum Gasteiger partial charge on any atom is 0.410 e. The van der Waals surface area contributed by atoms with E-state index >= 15 is 0 Å². The average molecular weight is 489 g/mol. The summed E-state index contributed by atoms with van der Waals surface area (Å²) in [5, 5.41) is 7.54. The molecule has 0 radical (unpaired) electrons. The molecule has 1 N–H and O–H groups in total. The summed E-state index contributed by atoms with van der Waals surface area (Å²) in [5.74, 6) is -0.436. The van der Waals surface area contributed by atoms with Gasteiger partial charge < -0.3 is 15.0 Å². The normalized spacial score (nSPS) is 15.5. The molecule has 1 aromatic carbocycles. The maximum absolute atomic E-state index is 14.6. The summed E-state index contributed by atoms with van der Waals surface area (Å²) in [4.78, 5) is 14.0. The van der Waals surface area contributed by atoms with Crippen molar-refractivity contribution in [2.24, 2.45) is 0 Å². The van der Waals surface area contributed by atoms with Crippen LogP contribution in [0.25, 0.3) is 5.52 Å². The van der Waals surface area contributed by atoms with Gasteiger partial charge in [-0.05, 0) is 70.0 Å². The minimum atomic E-state index is -3.49. The molecule has 1 aliphatic heterocycles. The SMILES string of the molecule is CC(C)(C)OC(=O)N1CCC(c2ccc3c(Nc4ccc(S(C)(=O)=O)cc4F)ccnn23)CC1. The monoisotopic (exact) mass is 488 g/mol. The first kappa shape index (κ1) is 24.0. The molecule has 3 heterocycles. The Labute approximate surface area is 198 Å². The van der Waals surface area contributed by atoms with Crippen molar-refractivity contribution >= 4 is 32.8 Å². The highest BCUT2D eigenvalue weighted by molar-refractivity contribution is 7.90. The smallest absolute Gasteiger partial charge is 0.410 e. The van der Waals surface area contributed by atoms with Crippen LogP contribution in [0.2, 0.25) is 0 Å². The molecule has 2 aromatic heterocycles. The van der Waals surface area contributed by atoms with E-state index in [1.165, 1.54) is 12.1 Å². The molecule has 1 saturated heterocycles. The lowest BCUT2D eigenvalue weighted by Crippen LogP contribution is -2.41. The second kappa shape index (κ2) is 8.90. The molecular formula is C24H29FN4O4S. The molecule has 1 fully saturated rings. The van der Waals surface area contributed by atoms with E-state index in [1.807, 2.05) is 37.4 Å². The summed E-state index contributed by atoms with van der Waals surface area (Å²) in [7, 11) is -3.49. The highest BCUT2D eigenvalue weighted by Crippen LogP contribution is 2.32. The van der Waals surface area contributed by atoms with Gasteiger partial charge in [0.25, 0.3) is 0 Å². The Morgan fingerprint density at radius 1 is 1.12 bits per heavy atom. The van der Waals surface area contributed by atoms with Crippen molar-refractivity contribution in [1.82, 2.24) is 14.5 Å². The molecule has 0 spiro atoms. The predicted molar refractivity (Wildman–Crippen MR) is 128 cm³/mol. The Balaban J connectivity index is 1.51. The Hall–Kier alpha value is -3.14. The Morgan fingerprint density at radius 2 is 1.82 bits per heavy atom. The van der Waals surface area contributed by atoms with Gasteiger partial charge in [-0.25, -0.2) is 22.1 Å². The minimum Gasteiger partial charge on any atom is -0.444 e. The zero-order chi connectivity index (χ0) is 24.7. The van der Waals surface area contributed by atoms with E-state index in [4.69, 9.17) is 4.74 Å². The number of ether oxygens (including phenoxy) is 1. The lowest BCUT2D eigenvalue weighted by atomic mass is 9.94. The fourth-order valence-corrected chi connectivity index (χ4v) is 4.74. The molecule has 0 unspecified atom stereocenters. The molecule has 0 aliphatic carbocycles. The third kappa shape index (κ3) is 5.16. The van der Waals surface area contributed by atoms with Crippen LogP contribution in [0.15, 0.2) is 47.5 Å². The molecule has 1 aliphatic rings. The zero-order valence-corrected chi connectivity index (χ0v) is 20.5. The highest BCUT2D eigenvalue weighted by Gasteiger charge is 2.29. The summed E-state index contributed by atoms with van der Waals surface area (Å²) in [6, 6.07) is 9.48. The number of piperidine rings is 1. The van der Waals surface area contributed by atoms with Crippen LogP contribution in [0.3, 0.4) is 0 Å². The van der Waals surface area contributed by atoms with Crippen molar-refractivity contribution in [1.29, 1.82) is 0 Å². The van der Waals surface area contributed by atoms with E-state index in [-0.39, 0.29) is 22.6 Å². The summed E-state index contributed by atoms with van der Waals surface area (Å²) < 4.78 is 45.2. The second-order valence-electron chi connectivity index (χ2n) is 9.58. The van der Waals surface area contributed by atoms with E-state index in [0.717, 1.165) is 36.4 Å². The standard InChI is InChI=1S/C24H29FN4O4S/c1-24(2,3)33-23(30)28-13-10-16(11-14-28)21-7-8-22-20(9-12-26-29(21)22)27-19-6-5-17(15-18(19)25)34(4,31)32/h5-9,12,15-16,27H,10-11,13-14H2,1-4H3. The van der Waals surface area contributed by atoms with Gasteiger partial charge in [0, 0.05) is 37.2 Å². The van der Waals surface area contributed by atoms with E-state index in [0.29, 0.717) is 18.8 Å². The quantitative estimate of drug-likeness (QED) is 0.571. The number of hydrogen-bond donors (Lipinski definition) is 1. The fourth-order valence-electron chi connectivity index (χ4n) is 4.11.